The highest BCUT2D eigenvalue weighted by Crippen LogP contribution is 2.37. The molecule has 0 aromatic carbocycles. The fraction of sp³-hybridized carbons (Fsp3) is 0.909. The summed E-state index contributed by atoms with van der Waals surface area (Å²) in [5.41, 5.74) is 0. The van der Waals surface area contributed by atoms with E-state index in [2.05, 4.69) is 61.2 Å². The summed E-state index contributed by atoms with van der Waals surface area (Å²) < 4.78 is 11.6. The molecule has 1 atom stereocenters. The summed E-state index contributed by atoms with van der Waals surface area (Å²) in [6, 6.07) is 0. The first-order chi connectivity index (χ1) is 7.14. The maximum atomic E-state index is 11.2. The number of rotatable bonds is 5. The van der Waals surface area contributed by atoms with E-state index in [0.717, 1.165) is 4.43 Å². The second-order valence-electron chi connectivity index (χ2n) is 5.43. The van der Waals surface area contributed by atoms with Crippen LogP contribution in [0.3, 0.4) is 0 Å². The van der Waals surface area contributed by atoms with Gasteiger partial charge in [-0.15, -0.1) is 0 Å². The van der Waals surface area contributed by atoms with Crippen LogP contribution in [0.15, 0.2) is 0 Å². The van der Waals surface area contributed by atoms with Crippen LogP contribution in [-0.4, -0.2) is 31.9 Å². The first-order valence-electron chi connectivity index (χ1n) is 5.44. The van der Waals surface area contributed by atoms with Crippen molar-refractivity contribution in [3.63, 3.8) is 0 Å². The van der Waals surface area contributed by atoms with Gasteiger partial charge in [-0.1, -0.05) is 43.4 Å². The Morgan fingerprint density at radius 1 is 1.38 bits per heavy atom. The number of ether oxygens (including phenoxy) is 1. The smallest absolute Gasteiger partial charge is 0.308 e. The third kappa shape index (κ3) is 5.14. The Bertz CT molecular complexity index is 236. The SMILES string of the molecule is COC(=O)C[C@@H](CI)O[Si](C)(C)C(C)(C)C. The van der Waals surface area contributed by atoms with Gasteiger partial charge in [-0.3, -0.25) is 4.79 Å². The topological polar surface area (TPSA) is 35.5 Å². The van der Waals surface area contributed by atoms with Gasteiger partial charge in [0.2, 0.25) is 0 Å². The highest BCUT2D eigenvalue weighted by atomic mass is 127. The molecule has 0 N–H and O–H groups in total. The minimum atomic E-state index is -1.78. The summed E-state index contributed by atoms with van der Waals surface area (Å²) in [4.78, 5) is 11.2. The molecule has 0 aliphatic rings. The van der Waals surface area contributed by atoms with Crippen LogP contribution in [0.1, 0.15) is 27.2 Å². The Morgan fingerprint density at radius 2 is 1.88 bits per heavy atom. The lowest BCUT2D eigenvalue weighted by molar-refractivity contribution is -0.142. The standard InChI is InChI=1S/C11H23IO3Si/c1-11(2,3)16(5,6)15-9(8-12)7-10(13)14-4/h9H,7-8H2,1-6H3/t9-/m0/s1. The van der Waals surface area contributed by atoms with Crippen molar-refractivity contribution < 1.29 is 14.0 Å². The zero-order chi connectivity index (χ0) is 13.0. The first-order valence-corrected chi connectivity index (χ1v) is 9.88. The lowest BCUT2D eigenvalue weighted by Crippen LogP contribution is -2.44. The summed E-state index contributed by atoms with van der Waals surface area (Å²) in [6.45, 7) is 11.0. The van der Waals surface area contributed by atoms with E-state index >= 15 is 0 Å². The van der Waals surface area contributed by atoms with Crippen LogP contribution >= 0.6 is 22.6 Å². The van der Waals surface area contributed by atoms with Crippen LogP contribution in [0.4, 0.5) is 0 Å². The molecule has 0 spiro atoms. The number of carbonyl (C=O) groups is 1. The molecule has 0 saturated heterocycles. The number of hydrogen-bond acceptors (Lipinski definition) is 3. The molecule has 0 heterocycles. The fourth-order valence-corrected chi connectivity index (χ4v) is 3.17. The monoisotopic (exact) mass is 358 g/mol. The summed E-state index contributed by atoms with van der Waals surface area (Å²) >= 11 is 2.26. The molecule has 0 aromatic heterocycles. The molecule has 16 heavy (non-hydrogen) atoms. The summed E-state index contributed by atoms with van der Waals surface area (Å²) in [6.07, 6.45) is 0.334. The van der Waals surface area contributed by atoms with E-state index in [1.54, 1.807) is 0 Å². The van der Waals surface area contributed by atoms with Crippen LogP contribution in [0.2, 0.25) is 18.1 Å². The van der Waals surface area contributed by atoms with Crippen LogP contribution in [0.25, 0.3) is 0 Å². The molecule has 0 radical (unpaired) electrons. The normalized spacial score (nSPS) is 14.7. The molecule has 5 heteroatoms. The predicted molar refractivity (Wildman–Crippen MR) is 77.6 cm³/mol. The van der Waals surface area contributed by atoms with Crippen molar-refractivity contribution in [3.05, 3.63) is 0 Å². The number of carbonyl (C=O) groups excluding carboxylic acids is 1. The Hall–Kier alpha value is 0.377. The largest absolute Gasteiger partial charge is 0.469 e. The zero-order valence-electron chi connectivity index (χ0n) is 11.1. The van der Waals surface area contributed by atoms with E-state index in [4.69, 9.17) is 4.43 Å². The lowest BCUT2D eigenvalue weighted by atomic mass is 10.2. The molecule has 0 rings (SSSR count). The molecule has 3 nitrogen and oxygen atoms in total. The minimum absolute atomic E-state index is 0.0195. The third-order valence-electron chi connectivity index (χ3n) is 3.06. The van der Waals surface area contributed by atoms with E-state index in [1.807, 2.05) is 0 Å². The third-order valence-corrected chi connectivity index (χ3v) is 8.58. The summed E-state index contributed by atoms with van der Waals surface area (Å²) in [7, 11) is -0.366. The number of alkyl halides is 1. The average molecular weight is 358 g/mol. The number of hydrogen-bond donors (Lipinski definition) is 0. The van der Waals surface area contributed by atoms with E-state index in [1.165, 1.54) is 7.11 Å². The van der Waals surface area contributed by atoms with Crippen molar-refractivity contribution >= 4 is 36.9 Å². The van der Waals surface area contributed by atoms with Gasteiger partial charge in [-0.25, -0.2) is 0 Å². The van der Waals surface area contributed by atoms with Gasteiger partial charge in [-0.05, 0) is 18.1 Å². The Kier molecular flexibility index (Phi) is 6.50. The molecule has 0 bridgehead atoms. The Labute approximate surface area is 114 Å². The zero-order valence-corrected chi connectivity index (χ0v) is 14.3. The maximum absolute atomic E-state index is 11.2. The van der Waals surface area contributed by atoms with E-state index < -0.39 is 8.32 Å². The molecule has 0 saturated carbocycles. The molecule has 0 aliphatic carbocycles. The van der Waals surface area contributed by atoms with Crippen molar-refractivity contribution in [3.8, 4) is 0 Å². The molecule has 0 unspecified atom stereocenters. The molecule has 0 fully saturated rings. The van der Waals surface area contributed by atoms with Crippen LogP contribution in [0, 0.1) is 0 Å². The number of halogens is 1. The highest BCUT2D eigenvalue weighted by Gasteiger charge is 2.39. The predicted octanol–water partition coefficient (Wildman–Crippen LogP) is 3.37. The van der Waals surface area contributed by atoms with Crippen molar-refractivity contribution in [2.45, 2.75) is 51.4 Å². The van der Waals surface area contributed by atoms with Gasteiger partial charge in [0.15, 0.2) is 8.32 Å². The van der Waals surface area contributed by atoms with Gasteiger partial charge >= 0.3 is 5.97 Å². The van der Waals surface area contributed by atoms with Gasteiger partial charge < -0.3 is 9.16 Å². The van der Waals surface area contributed by atoms with Gasteiger partial charge in [0.25, 0.3) is 0 Å². The second-order valence-corrected chi connectivity index (χ2v) is 11.1. The van der Waals surface area contributed by atoms with Crippen LogP contribution in [-0.2, 0) is 14.0 Å². The lowest BCUT2D eigenvalue weighted by Gasteiger charge is -2.38. The Morgan fingerprint density at radius 3 is 2.19 bits per heavy atom. The summed E-state index contributed by atoms with van der Waals surface area (Å²) in [5, 5.41) is 0.174. The maximum Gasteiger partial charge on any atom is 0.308 e. The number of methoxy groups -OCH3 is 1. The molecular formula is C11H23IO3Si. The van der Waals surface area contributed by atoms with Crippen molar-refractivity contribution in [1.82, 2.24) is 0 Å². The second kappa shape index (κ2) is 6.35. The first kappa shape index (κ1) is 16.4. The minimum Gasteiger partial charge on any atom is -0.469 e. The fourth-order valence-electron chi connectivity index (χ4n) is 0.990. The van der Waals surface area contributed by atoms with Crippen molar-refractivity contribution in [2.24, 2.45) is 0 Å². The molecule has 0 amide bonds. The molecule has 0 aliphatic heterocycles. The number of esters is 1. The summed E-state index contributed by atoms with van der Waals surface area (Å²) in [5.74, 6) is -0.194. The quantitative estimate of drug-likeness (QED) is 0.327. The van der Waals surface area contributed by atoms with E-state index in [-0.39, 0.29) is 17.1 Å². The van der Waals surface area contributed by atoms with Crippen LogP contribution < -0.4 is 0 Å². The highest BCUT2D eigenvalue weighted by molar-refractivity contribution is 14.1. The van der Waals surface area contributed by atoms with Crippen molar-refractivity contribution in [1.29, 1.82) is 0 Å². The van der Waals surface area contributed by atoms with E-state index in [9.17, 15) is 4.79 Å². The van der Waals surface area contributed by atoms with Gasteiger partial charge in [-0.2, -0.15) is 0 Å². The van der Waals surface area contributed by atoms with Gasteiger partial charge in [0.05, 0.1) is 19.6 Å². The molecule has 96 valence electrons. The van der Waals surface area contributed by atoms with Crippen molar-refractivity contribution in [2.75, 3.05) is 11.5 Å². The van der Waals surface area contributed by atoms with Gasteiger partial charge in [0.1, 0.15) is 0 Å². The Balaban J connectivity index is 4.48. The average Bonchev–Trinajstić information content (AvgIpc) is 2.14. The van der Waals surface area contributed by atoms with Crippen LogP contribution in [0.5, 0.6) is 0 Å². The van der Waals surface area contributed by atoms with Gasteiger partial charge in [0, 0.05) is 4.43 Å². The van der Waals surface area contributed by atoms with E-state index in [0.29, 0.717) is 6.42 Å². The molecule has 0 aromatic rings. The molecular weight excluding hydrogens is 335 g/mol.